The van der Waals surface area contributed by atoms with Crippen LogP contribution >= 0.6 is 11.6 Å². The van der Waals surface area contributed by atoms with Crippen LogP contribution in [0.15, 0.2) is 47.6 Å². The van der Waals surface area contributed by atoms with Crippen molar-refractivity contribution in [2.75, 3.05) is 31.1 Å². The Morgan fingerprint density at radius 3 is 2.89 bits per heavy atom. The summed E-state index contributed by atoms with van der Waals surface area (Å²) in [6, 6.07) is 10.6. The Hall–Kier alpha value is -2.34. The molecular formula is C20H25ClFN5. The second kappa shape index (κ2) is 9.55. The zero-order valence-electron chi connectivity index (χ0n) is 15.5. The van der Waals surface area contributed by atoms with Gasteiger partial charge >= 0.3 is 0 Å². The summed E-state index contributed by atoms with van der Waals surface area (Å²) in [6.07, 6.45) is 3.54. The fourth-order valence-electron chi connectivity index (χ4n) is 3.14. The highest BCUT2D eigenvalue weighted by Gasteiger charge is 2.25. The minimum absolute atomic E-state index is 0.212. The van der Waals surface area contributed by atoms with Gasteiger partial charge in [0.15, 0.2) is 5.96 Å². The maximum atomic E-state index is 13.0. The number of pyridine rings is 1. The van der Waals surface area contributed by atoms with Gasteiger partial charge in [-0.2, -0.15) is 0 Å². The van der Waals surface area contributed by atoms with Crippen molar-refractivity contribution in [3.05, 3.63) is 59.0 Å². The third-order valence-corrected chi connectivity index (χ3v) is 4.79. The smallest absolute Gasteiger partial charge is 0.191 e. The summed E-state index contributed by atoms with van der Waals surface area (Å²) in [7, 11) is 0. The van der Waals surface area contributed by atoms with Gasteiger partial charge in [0.25, 0.3) is 0 Å². The monoisotopic (exact) mass is 389 g/mol. The topological polar surface area (TPSA) is 52.6 Å². The number of rotatable bonds is 6. The molecular weight excluding hydrogens is 365 g/mol. The molecule has 7 heteroatoms. The van der Waals surface area contributed by atoms with Gasteiger partial charge in [-0.25, -0.2) is 9.37 Å². The Bertz CT molecular complexity index is 765. The van der Waals surface area contributed by atoms with E-state index in [2.05, 4.69) is 25.5 Å². The van der Waals surface area contributed by atoms with E-state index in [1.807, 2.05) is 19.1 Å². The number of halogens is 2. The number of aliphatic imine (C=N–C) groups is 1. The van der Waals surface area contributed by atoms with Crippen LogP contribution in [0.5, 0.6) is 0 Å². The van der Waals surface area contributed by atoms with Crippen LogP contribution in [0.2, 0.25) is 5.02 Å². The zero-order valence-corrected chi connectivity index (χ0v) is 16.2. The van der Waals surface area contributed by atoms with Gasteiger partial charge in [-0.15, -0.1) is 0 Å². The second-order valence-electron chi connectivity index (χ2n) is 6.52. The summed E-state index contributed by atoms with van der Waals surface area (Å²) in [6.45, 7) is 5.22. The number of guanidine groups is 1. The molecule has 0 aliphatic carbocycles. The molecule has 1 aliphatic heterocycles. The Labute approximate surface area is 164 Å². The highest BCUT2D eigenvalue weighted by molar-refractivity contribution is 6.32. The SMILES string of the molecule is CCNC(=NCCc1ccc(F)cc1)NC1CCN(c2ncccc2Cl)C1. The second-order valence-corrected chi connectivity index (χ2v) is 6.93. The lowest BCUT2D eigenvalue weighted by Gasteiger charge is -2.20. The molecule has 1 aromatic carbocycles. The van der Waals surface area contributed by atoms with Crippen LogP contribution in [0.4, 0.5) is 10.2 Å². The molecule has 1 unspecified atom stereocenters. The Morgan fingerprint density at radius 1 is 1.33 bits per heavy atom. The van der Waals surface area contributed by atoms with E-state index in [4.69, 9.17) is 11.6 Å². The maximum absolute atomic E-state index is 13.0. The van der Waals surface area contributed by atoms with E-state index < -0.39 is 0 Å². The quantitative estimate of drug-likeness (QED) is 0.588. The van der Waals surface area contributed by atoms with Crippen molar-refractivity contribution in [1.82, 2.24) is 15.6 Å². The van der Waals surface area contributed by atoms with Crippen LogP contribution in [-0.2, 0) is 6.42 Å². The highest BCUT2D eigenvalue weighted by Crippen LogP contribution is 2.25. The van der Waals surface area contributed by atoms with Gasteiger partial charge in [0.1, 0.15) is 11.6 Å². The molecule has 0 saturated carbocycles. The van der Waals surface area contributed by atoms with Crippen LogP contribution < -0.4 is 15.5 Å². The lowest BCUT2D eigenvalue weighted by Crippen LogP contribution is -2.44. The summed E-state index contributed by atoms with van der Waals surface area (Å²) in [5.74, 6) is 1.43. The predicted octanol–water partition coefficient (Wildman–Crippen LogP) is 3.25. The van der Waals surface area contributed by atoms with E-state index in [0.717, 1.165) is 49.8 Å². The van der Waals surface area contributed by atoms with Gasteiger partial charge in [0, 0.05) is 38.4 Å². The first-order valence-corrected chi connectivity index (χ1v) is 9.68. The van der Waals surface area contributed by atoms with Crippen molar-refractivity contribution < 1.29 is 4.39 Å². The van der Waals surface area contributed by atoms with Crippen molar-refractivity contribution in [1.29, 1.82) is 0 Å². The van der Waals surface area contributed by atoms with Crippen LogP contribution in [-0.4, -0.2) is 43.2 Å². The highest BCUT2D eigenvalue weighted by atomic mass is 35.5. The van der Waals surface area contributed by atoms with Crippen LogP contribution in [0.25, 0.3) is 0 Å². The molecule has 144 valence electrons. The summed E-state index contributed by atoms with van der Waals surface area (Å²) in [4.78, 5) is 11.2. The number of anilines is 1. The number of nitrogens with one attached hydrogen (secondary N) is 2. The minimum atomic E-state index is -0.212. The average molecular weight is 390 g/mol. The Morgan fingerprint density at radius 2 is 2.15 bits per heavy atom. The molecule has 2 N–H and O–H groups in total. The zero-order chi connectivity index (χ0) is 19.1. The first kappa shape index (κ1) is 19.4. The molecule has 1 fully saturated rings. The van der Waals surface area contributed by atoms with Crippen LogP contribution in [0.3, 0.4) is 0 Å². The van der Waals surface area contributed by atoms with E-state index in [1.54, 1.807) is 18.3 Å². The molecule has 2 aromatic rings. The van der Waals surface area contributed by atoms with Crippen molar-refractivity contribution in [3.8, 4) is 0 Å². The van der Waals surface area contributed by atoms with Crippen molar-refractivity contribution in [2.24, 2.45) is 4.99 Å². The number of hydrogen-bond donors (Lipinski definition) is 2. The number of aromatic nitrogens is 1. The standard InChI is InChI=1S/C20H25ClFN5/c1-2-23-20(25-12-9-15-5-7-16(22)8-6-15)26-17-10-13-27(14-17)19-18(21)4-3-11-24-19/h3-8,11,17H,2,9-10,12-14H2,1H3,(H2,23,25,26). The lowest BCUT2D eigenvalue weighted by atomic mass is 10.1. The summed E-state index contributed by atoms with van der Waals surface area (Å²) < 4.78 is 13.0. The first-order valence-electron chi connectivity index (χ1n) is 9.30. The largest absolute Gasteiger partial charge is 0.357 e. The molecule has 0 radical (unpaired) electrons. The molecule has 0 spiro atoms. The molecule has 5 nitrogen and oxygen atoms in total. The van der Waals surface area contributed by atoms with Crippen LogP contribution in [0.1, 0.15) is 18.9 Å². The van der Waals surface area contributed by atoms with E-state index >= 15 is 0 Å². The molecule has 1 aromatic heterocycles. The van der Waals surface area contributed by atoms with Gasteiger partial charge in [0.05, 0.1) is 5.02 Å². The normalized spacial score (nSPS) is 17.2. The number of nitrogens with zero attached hydrogens (tertiary/aromatic N) is 3. The molecule has 27 heavy (non-hydrogen) atoms. The van der Waals surface area contributed by atoms with Gasteiger partial charge in [0.2, 0.25) is 0 Å². The maximum Gasteiger partial charge on any atom is 0.191 e. The van der Waals surface area contributed by atoms with Crippen LogP contribution in [0, 0.1) is 5.82 Å². The average Bonchev–Trinajstić information content (AvgIpc) is 3.12. The molecule has 0 amide bonds. The fraction of sp³-hybridized carbons (Fsp3) is 0.400. The van der Waals surface area contributed by atoms with E-state index in [9.17, 15) is 4.39 Å². The molecule has 1 atom stereocenters. The summed E-state index contributed by atoms with van der Waals surface area (Å²) >= 11 is 6.26. The van der Waals surface area contributed by atoms with Gasteiger partial charge < -0.3 is 15.5 Å². The van der Waals surface area contributed by atoms with Crippen molar-refractivity contribution in [2.45, 2.75) is 25.8 Å². The summed E-state index contributed by atoms with van der Waals surface area (Å²) in [5, 5.41) is 7.47. The van der Waals surface area contributed by atoms with E-state index in [0.29, 0.717) is 11.6 Å². The Balaban J connectivity index is 1.54. The van der Waals surface area contributed by atoms with Crippen molar-refractivity contribution >= 4 is 23.4 Å². The third-order valence-electron chi connectivity index (χ3n) is 4.50. The Kier molecular flexibility index (Phi) is 6.87. The molecule has 0 bridgehead atoms. The molecule has 3 rings (SSSR count). The van der Waals surface area contributed by atoms with E-state index in [1.165, 1.54) is 12.1 Å². The fourth-order valence-corrected chi connectivity index (χ4v) is 3.38. The van der Waals surface area contributed by atoms with Gasteiger partial charge in [-0.1, -0.05) is 23.7 Å². The summed E-state index contributed by atoms with van der Waals surface area (Å²) in [5.41, 5.74) is 1.08. The minimum Gasteiger partial charge on any atom is -0.357 e. The lowest BCUT2D eigenvalue weighted by molar-refractivity contribution is 0.627. The van der Waals surface area contributed by atoms with Crippen molar-refractivity contribution in [3.63, 3.8) is 0 Å². The number of benzene rings is 1. The molecule has 1 saturated heterocycles. The number of hydrogen-bond acceptors (Lipinski definition) is 3. The molecule has 2 heterocycles. The molecule has 1 aliphatic rings. The van der Waals surface area contributed by atoms with Gasteiger partial charge in [-0.3, -0.25) is 4.99 Å². The first-order chi connectivity index (χ1) is 13.2. The third kappa shape index (κ3) is 5.57. The van der Waals surface area contributed by atoms with Gasteiger partial charge in [-0.05, 0) is 49.6 Å². The van der Waals surface area contributed by atoms with E-state index in [-0.39, 0.29) is 11.9 Å². The predicted molar refractivity (Wildman–Crippen MR) is 109 cm³/mol.